The number of benzene rings is 2. The van der Waals surface area contributed by atoms with Crippen molar-refractivity contribution < 1.29 is 4.79 Å². The molecule has 29 heavy (non-hydrogen) atoms. The monoisotopic (exact) mass is 412 g/mol. The summed E-state index contributed by atoms with van der Waals surface area (Å²) in [5.41, 5.74) is 10.7. The maximum atomic E-state index is 13.1. The normalized spacial score (nSPS) is 10.4. The molecule has 0 radical (unpaired) electrons. The lowest BCUT2D eigenvalue weighted by Crippen LogP contribution is -2.34. The fraction of sp³-hybridized carbons (Fsp3) is 0.304. The second-order valence-corrected chi connectivity index (χ2v) is 7.02. The molecule has 2 aromatic carbocycles. The molecule has 0 unspecified atom stereocenters. The molecule has 0 saturated carbocycles. The van der Waals surface area contributed by atoms with E-state index in [1.807, 2.05) is 84.1 Å². The zero-order valence-corrected chi connectivity index (χ0v) is 17.9. The highest BCUT2D eigenvalue weighted by atomic mass is 35.5. The van der Waals surface area contributed by atoms with Crippen LogP contribution in [0.4, 0.5) is 0 Å². The fourth-order valence-corrected chi connectivity index (χ4v) is 3.39. The first-order chi connectivity index (χ1) is 13.6. The van der Waals surface area contributed by atoms with Crippen molar-refractivity contribution in [3.63, 3.8) is 0 Å². The molecule has 0 spiro atoms. The minimum absolute atomic E-state index is 0. The lowest BCUT2D eigenvalue weighted by Gasteiger charge is -2.23. The van der Waals surface area contributed by atoms with E-state index < -0.39 is 0 Å². The molecule has 3 aromatic rings. The second-order valence-electron chi connectivity index (χ2n) is 7.02. The summed E-state index contributed by atoms with van der Waals surface area (Å²) in [5, 5.41) is 4.66. The molecule has 1 heterocycles. The minimum atomic E-state index is 0. The van der Waals surface area contributed by atoms with Gasteiger partial charge in [0, 0.05) is 24.3 Å². The lowest BCUT2D eigenvalue weighted by molar-refractivity contribution is -0.131. The van der Waals surface area contributed by atoms with Gasteiger partial charge in [-0.1, -0.05) is 48.5 Å². The number of carbonyl (C=O) groups excluding carboxylic acids is 1. The molecule has 0 aliphatic heterocycles. The van der Waals surface area contributed by atoms with Crippen molar-refractivity contribution in [1.82, 2.24) is 14.7 Å². The van der Waals surface area contributed by atoms with E-state index in [0.29, 0.717) is 26.1 Å². The molecule has 0 aliphatic rings. The molecule has 154 valence electrons. The summed E-state index contributed by atoms with van der Waals surface area (Å²) >= 11 is 0. The van der Waals surface area contributed by atoms with Gasteiger partial charge in [-0.05, 0) is 44.5 Å². The van der Waals surface area contributed by atoms with Gasteiger partial charge < -0.3 is 10.6 Å². The largest absolute Gasteiger partial charge is 0.338 e. The smallest absolute Gasteiger partial charge is 0.227 e. The second kappa shape index (κ2) is 10.8. The number of hydrogen-bond donors (Lipinski definition) is 1. The van der Waals surface area contributed by atoms with Crippen LogP contribution in [0.5, 0.6) is 0 Å². The van der Waals surface area contributed by atoms with Gasteiger partial charge in [-0.3, -0.25) is 4.79 Å². The minimum Gasteiger partial charge on any atom is -0.338 e. The quantitative estimate of drug-likeness (QED) is 0.611. The van der Waals surface area contributed by atoms with Crippen LogP contribution < -0.4 is 5.73 Å². The molecule has 0 fully saturated rings. The Morgan fingerprint density at radius 1 is 1.03 bits per heavy atom. The van der Waals surface area contributed by atoms with Crippen molar-refractivity contribution in [2.75, 3.05) is 13.1 Å². The van der Waals surface area contributed by atoms with Crippen molar-refractivity contribution in [2.45, 2.75) is 33.2 Å². The SMILES string of the molecule is Cc1nn(-c2ccccc2)c(C)c1CC(=O)N(CCCN)Cc1ccccc1.Cl. The Morgan fingerprint density at radius 2 is 1.66 bits per heavy atom. The first-order valence-corrected chi connectivity index (χ1v) is 9.72. The van der Waals surface area contributed by atoms with Gasteiger partial charge >= 0.3 is 0 Å². The highest BCUT2D eigenvalue weighted by Gasteiger charge is 2.20. The lowest BCUT2D eigenvalue weighted by atomic mass is 10.1. The van der Waals surface area contributed by atoms with Crippen LogP contribution in [-0.4, -0.2) is 33.7 Å². The van der Waals surface area contributed by atoms with Crippen LogP contribution >= 0.6 is 12.4 Å². The molecule has 1 aromatic heterocycles. The molecule has 6 heteroatoms. The third-order valence-corrected chi connectivity index (χ3v) is 4.97. The van der Waals surface area contributed by atoms with Gasteiger partial charge in [-0.15, -0.1) is 12.4 Å². The van der Waals surface area contributed by atoms with Gasteiger partial charge in [0.15, 0.2) is 0 Å². The third kappa shape index (κ3) is 5.68. The molecule has 2 N–H and O–H groups in total. The highest BCUT2D eigenvalue weighted by molar-refractivity contribution is 5.85. The maximum Gasteiger partial charge on any atom is 0.227 e. The Bertz CT molecular complexity index is 909. The van der Waals surface area contributed by atoms with E-state index in [9.17, 15) is 4.79 Å². The van der Waals surface area contributed by atoms with Gasteiger partial charge in [-0.25, -0.2) is 4.68 Å². The van der Waals surface area contributed by atoms with Crippen molar-refractivity contribution in [2.24, 2.45) is 5.73 Å². The number of amides is 1. The molecule has 1 amide bonds. The topological polar surface area (TPSA) is 64.2 Å². The number of rotatable bonds is 8. The Labute approximate surface area is 178 Å². The van der Waals surface area contributed by atoms with Gasteiger partial charge in [0.1, 0.15) is 0 Å². The van der Waals surface area contributed by atoms with Crippen LogP contribution in [0.25, 0.3) is 5.69 Å². The van der Waals surface area contributed by atoms with Crippen molar-refractivity contribution >= 4 is 18.3 Å². The molecule has 0 saturated heterocycles. The van der Waals surface area contributed by atoms with Gasteiger partial charge in [0.25, 0.3) is 0 Å². The molecule has 5 nitrogen and oxygen atoms in total. The molecular weight excluding hydrogens is 384 g/mol. The summed E-state index contributed by atoms with van der Waals surface area (Å²) in [5.74, 6) is 0.108. The zero-order valence-electron chi connectivity index (χ0n) is 17.0. The highest BCUT2D eigenvalue weighted by Crippen LogP contribution is 2.19. The van der Waals surface area contributed by atoms with E-state index in [1.165, 1.54) is 0 Å². The van der Waals surface area contributed by atoms with Crippen molar-refractivity contribution in [3.05, 3.63) is 83.2 Å². The van der Waals surface area contributed by atoms with E-state index in [0.717, 1.165) is 34.6 Å². The fourth-order valence-electron chi connectivity index (χ4n) is 3.39. The number of para-hydroxylation sites is 1. The van der Waals surface area contributed by atoms with Crippen LogP contribution in [0.3, 0.4) is 0 Å². The Balaban J connectivity index is 0.00000300. The van der Waals surface area contributed by atoms with Gasteiger partial charge in [0.2, 0.25) is 5.91 Å². The van der Waals surface area contributed by atoms with Crippen LogP contribution in [0.2, 0.25) is 0 Å². The number of aryl methyl sites for hydroxylation is 1. The summed E-state index contributed by atoms with van der Waals surface area (Å²) in [4.78, 5) is 15.0. The van der Waals surface area contributed by atoms with Crippen LogP contribution in [0.15, 0.2) is 60.7 Å². The van der Waals surface area contributed by atoms with E-state index in [4.69, 9.17) is 5.73 Å². The summed E-state index contributed by atoms with van der Waals surface area (Å²) in [6.45, 7) is 5.83. The standard InChI is InChI=1S/C23H28N4O.ClH/c1-18-22(19(2)27(25-18)21-12-7-4-8-13-21)16-23(28)26(15-9-14-24)17-20-10-5-3-6-11-20;/h3-8,10-13H,9,14-17,24H2,1-2H3;1H. The number of nitrogens with two attached hydrogens (primary N) is 1. The predicted molar refractivity (Wildman–Crippen MR) is 120 cm³/mol. The number of nitrogens with zero attached hydrogens (tertiary/aromatic N) is 3. The molecule has 0 aliphatic carbocycles. The number of halogens is 1. The zero-order chi connectivity index (χ0) is 19.9. The Hall–Kier alpha value is -2.63. The van der Waals surface area contributed by atoms with E-state index in [-0.39, 0.29) is 18.3 Å². The Kier molecular flexibility index (Phi) is 8.43. The maximum absolute atomic E-state index is 13.1. The van der Waals surface area contributed by atoms with E-state index in [2.05, 4.69) is 5.10 Å². The van der Waals surface area contributed by atoms with Crippen LogP contribution in [-0.2, 0) is 17.8 Å². The summed E-state index contributed by atoms with van der Waals surface area (Å²) in [7, 11) is 0. The summed E-state index contributed by atoms with van der Waals surface area (Å²) in [6.07, 6.45) is 1.14. The summed E-state index contributed by atoms with van der Waals surface area (Å²) < 4.78 is 1.92. The Morgan fingerprint density at radius 3 is 2.28 bits per heavy atom. The predicted octanol–water partition coefficient (Wildman–Crippen LogP) is 3.83. The molecule has 3 rings (SSSR count). The third-order valence-electron chi connectivity index (χ3n) is 4.97. The van der Waals surface area contributed by atoms with Crippen molar-refractivity contribution in [3.8, 4) is 5.69 Å². The molecular formula is C23H29ClN4O. The summed E-state index contributed by atoms with van der Waals surface area (Å²) in [6, 6.07) is 20.1. The van der Waals surface area contributed by atoms with Crippen molar-refractivity contribution in [1.29, 1.82) is 0 Å². The average Bonchev–Trinajstić information content (AvgIpc) is 3.00. The van der Waals surface area contributed by atoms with Crippen LogP contribution in [0.1, 0.15) is 28.9 Å². The van der Waals surface area contributed by atoms with Gasteiger partial charge in [0.05, 0.1) is 17.8 Å². The number of aromatic nitrogens is 2. The van der Waals surface area contributed by atoms with E-state index in [1.54, 1.807) is 0 Å². The number of carbonyl (C=O) groups is 1. The molecule has 0 bridgehead atoms. The first-order valence-electron chi connectivity index (χ1n) is 9.72. The molecule has 0 atom stereocenters. The van der Waals surface area contributed by atoms with Gasteiger partial charge in [-0.2, -0.15) is 5.10 Å². The number of hydrogen-bond acceptors (Lipinski definition) is 3. The first kappa shape index (κ1) is 22.7. The van der Waals surface area contributed by atoms with E-state index >= 15 is 0 Å². The average molecular weight is 413 g/mol. The van der Waals surface area contributed by atoms with Crippen LogP contribution in [0, 0.1) is 13.8 Å².